The van der Waals surface area contributed by atoms with Gasteiger partial charge < -0.3 is 15.4 Å². The molecule has 0 saturated heterocycles. The van der Waals surface area contributed by atoms with Gasteiger partial charge in [-0.05, 0) is 43.0 Å². The second-order valence-corrected chi connectivity index (χ2v) is 6.00. The zero-order valence-electron chi connectivity index (χ0n) is 16.0. The lowest BCUT2D eigenvalue weighted by Gasteiger charge is -2.15. The van der Waals surface area contributed by atoms with Gasteiger partial charge in [0.2, 0.25) is 5.95 Å². The van der Waals surface area contributed by atoms with E-state index in [2.05, 4.69) is 57.9 Å². The Morgan fingerprint density at radius 1 is 0.889 bits per heavy atom. The Labute approximate surface area is 160 Å². The number of rotatable bonds is 8. The van der Waals surface area contributed by atoms with Crippen molar-refractivity contribution in [3.05, 3.63) is 59.8 Å². The molecular weight excluding hydrogens is 338 g/mol. The van der Waals surface area contributed by atoms with Crippen LogP contribution < -0.4 is 15.4 Å². The van der Waals surface area contributed by atoms with Crippen LogP contribution in [0.25, 0.3) is 0 Å². The molecule has 0 aliphatic carbocycles. The van der Waals surface area contributed by atoms with E-state index in [1.54, 1.807) is 6.20 Å². The predicted octanol–water partition coefficient (Wildman–Crippen LogP) is 4.88. The van der Waals surface area contributed by atoms with Gasteiger partial charge in [0.15, 0.2) is 5.82 Å². The highest BCUT2D eigenvalue weighted by atomic mass is 16.5. The lowest BCUT2D eigenvalue weighted by molar-refractivity contribution is 0.342. The van der Waals surface area contributed by atoms with E-state index in [0.717, 1.165) is 30.0 Å². The second-order valence-electron chi connectivity index (χ2n) is 6.00. The molecular formula is C21H25N5O. The first-order valence-corrected chi connectivity index (χ1v) is 9.31. The van der Waals surface area contributed by atoms with Crippen LogP contribution in [-0.4, -0.2) is 21.8 Å². The summed E-state index contributed by atoms with van der Waals surface area (Å²) in [4.78, 5) is 4.56. The highest BCUT2D eigenvalue weighted by molar-refractivity contribution is 5.66. The fraction of sp³-hybridized carbons (Fsp3) is 0.286. The van der Waals surface area contributed by atoms with Crippen LogP contribution in [0.4, 0.5) is 23.1 Å². The molecule has 0 atom stereocenters. The Morgan fingerprint density at radius 2 is 1.63 bits per heavy atom. The van der Waals surface area contributed by atoms with Crippen LogP contribution in [-0.2, 0) is 12.8 Å². The van der Waals surface area contributed by atoms with E-state index >= 15 is 0 Å². The van der Waals surface area contributed by atoms with Crippen LogP contribution in [0.1, 0.15) is 31.9 Å². The maximum absolute atomic E-state index is 5.65. The summed E-state index contributed by atoms with van der Waals surface area (Å²) < 4.78 is 5.65. The van der Waals surface area contributed by atoms with Gasteiger partial charge in [0, 0.05) is 5.69 Å². The molecule has 0 bridgehead atoms. The number of aromatic nitrogens is 3. The smallest absolute Gasteiger partial charge is 0.249 e. The number of hydrogen-bond acceptors (Lipinski definition) is 6. The molecule has 3 rings (SSSR count). The highest BCUT2D eigenvalue weighted by Crippen LogP contribution is 2.28. The summed E-state index contributed by atoms with van der Waals surface area (Å²) in [6, 6.07) is 14.1. The van der Waals surface area contributed by atoms with Crippen molar-refractivity contribution in [1.82, 2.24) is 15.2 Å². The van der Waals surface area contributed by atoms with Gasteiger partial charge in [0.25, 0.3) is 0 Å². The predicted molar refractivity (Wildman–Crippen MR) is 109 cm³/mol. The summed E-state index contributed by atoms with van der Waals surface area (Å²) in [5, 5.41) is 14.8. The molecule has 1 aromatic heterocycles. The Morgan fingerprint density at radius 3 is 2.33 bits per heavy atom. The van der Waals surface area contributed by atoms with Gasteiger partial charge in [-0.3, -0.25) is 0 Å². The molecule has 27 heavy (non-hydrogen) atoms. The standard InChI is InChI=1S/C21H25N5O/c1-4-15-10-9-11-16(5-2)20(15)25-21-24-19(14-22-26-21)23-17-12-7-8-13-18(17)27-6-3/h7-14H,4-6H2,1-3H3,(H2,23,24,25,26). The van der Waals surface area contributed by atoms with Crippen LogP contribution in [0.2, 0.25) is 0 Å². The minimum Gasteiger partial charge on any atom is -0.492 e. The number of anilines is 4. The first-order chi connectivity index (χ1) is 13.2. The average molecular weight is 363 g/mol. The van der Waals surface area contributed by atoms with Crippen molar-refractivity contribution < 1.29 is 4.74 Å². The van der Waals surface area contributed by atoms with Crippen molar-refractivity contribution in [3.63, 3.8) is 0 Å². The maximum Gasteiger partial charge on any atom is 0.249 e. The molecule has 0 unspecified atom stereocenters. The normalized spacial score (nSPS) is 10.5. The quantitative estimate of drug-likeness (QED) is 0.594. The molecule has 6 nitrogen and oxygen atoms in total. The number of aryl methyl sites for hydroxylation is 2. The Bertz CT molecular complexity index is 875. The van der Waals surface area contributed by atoms with Crippen molar-refractivity contribution in [2.75, 3.05) is 17.2 Å². The van der Waals surface area contributed by atoms with Gasteiger partial charge in [-0.15, -0.1) is 5.10 Å². The summed E-state index contributed by atoms with van der Waals surface area (Å²) in [6.45, 7) is 6.84. The number of nitrogens with one attached hydrogen (secondary N) is 2. The summed E-state index contributed by atoms with van der Waals surface area (Å²) in [5.41, 5.74) is 4.38. The third-order valence-corrected chi connectivity index (χ3v) is 4.24. The number of benzene rings is 2. The first kappa shape index (κ1) is 18.6. The topological polar surface area (TPSA) is 72.0 Å². The van der Waals surface area contributed by atoms with E-state index in [9.17, 15) is 0 Å². The van der Waals surface area contributed by atoms with Crippen molar-refractivity contribution in [3.8, 4) is 5.75 Å². The highest BCUT2D eigenvalue weighted by Gasteiger charge is 2.10. The minimum absolute atomic E-state index is 0.462. The molecule has 0 aliphatic rings. The molecule has 1 heterocycles. The Kier molecular flexibility index (Phi) is 6.20. The van der Waals surface area contributed by atoms with Crippen LogP contribution in [0.3, 0.4) is 0 Å². The van der Waals surface area contributed by atoms with Crippen LogP contribution in [0.15, 0.2) is 48.7 Å². The Hall–Kier alpha value is -3.15. The number of para-hydroxylation sites is 3. The maximum atomic E-state index is 5.65. The second kappa shape index (κ2) is 8.98. The summed E-state index contributed by atoms with van der Waals surface area (Å²) in [6.07, 6.45) is 3.47. The molecule has 0 saturated carbocycles. The molecule has 0 radical (unpaired) electrons. The first-order valence-electron chi connectivity index (χ1n) is 9.31. The Balaban J connectivity index is 1.85. The molecule has 2 N–H and O–H groups in total. The van der Waals surface area contributed by atoms with Crippen molar-refractivity contribution in [2.45, 2.75) is 33.6 Å². The SMILES string of the molecule is CCOc1ccccc1Nc1cnnc(Nc2c(CC)cccc2CC)n1. The molecule has 3 aromatic rings. The van der Waals surface area contributed by atoms with Crippen molar-refractivity contribution >= 4 is 23.1 Å². The van der Waals surface area contributed by atoms with Crippen LogP contribution in [0, 0.1) is 0 Å². The van der Waals surface area contributed by atoms with Gasteiger partial charge >= 0.3 is 0 Å². The average Bonchev–Trinajstić information content (AvgIpc) is 2.70. The van der Waals surface area contributed by atoms with Gasteiger partial charge in [-0.25, -0.2) is 0 Å². The molecule has 140 valence electrons. The summed E-state index contributed by atoms with van der Waals surface area (Å²) in [7, 11) is 0. The summed E-state index contributed by atoms with van der Waals surface area (Å²) in [5.74, 6) is 1.84. The van der Waals surface area contributed by atoms with Crippen molar-refractivity contribution in [1.29, 1.82) is 0 Å². The van der Waals surface area contributed by atoms with Gasteiger partial charge in [-0.1, -0.05) is 44.2 Å². The van der Waals surface area contributed by atoms with Gasteiger partial charge in [-0.2, -0.15) is 10.1 Å². The third-order valence-electron chi connectivity index (χ3n) is 4.24. The van der Waals surface area contributed by atoms with Gasteiger partial charge in [0.05, 0.1) is 18.5 Å². The van der Waals surface area contributed by atoms with E-state index < -0.39 is 0 Å². The fourth-order valence-electron chi connectivity index (χ4n) is 2.92. The molecule has 0 amide bonds. The molecule has 0 aliphatic heterocycles. The van der Waals surface area contributed by atoms with E-state index in [1.165, 1.54) is 11.1 Å². The van der Waals surface area contributed by atoms with E-state index in [4.69, 9.17) is 4.74 Å². The molecule has 0 fully saturated rings. The lowest BCUT2D eigenvalue weighted by atomic mass is 10.0. The van der Waals surface area contributed by atoms with E-state index in [0.29, 0.717) is 18.4 Å². The van der Waals surface area contributed by atoms with Crippen LogP contribution in [0.5, 0.6) is 5.75 Å². The zero-order valence-corrected chi connectivity index (χ0v) is 16.0. The minimum atomic E-state index is 0.462. The lowest BCUT2D eigenvalue weighted by Crippen LogP contribution is -2.06. The number of nitrogens with zero attached hydrogens (tertiary/aromatic N) is 3. The fourth-order valence-corrected chi connectivity index (χ4v) is 2.92. The summed E-state index contributed by atoms with van der Waals surface area (Å²) >= 11 is 0. The third kappa shape index (κ3) is 4.53. The monoisotopic (exact) mass is 363 g/mol. The zero-order chi connectivity index (χ0) is 19.1. The van der Waals surface area contributed by atoms with E-state index in [1.807, 2.05) is 31.2 Å². The van der Waals surface area contributed by atoms with E-state index in [-0.39, 0.29) is 0 Å². The van der Waals surface area contributed by atoms with Crippen LogP contribution >= 0.6 is 0 Å². The molecule has 0 spiro atoms. The number of ether oxygens (including phenoxy) is 1. The number of hydrogen-bond donors (Lipinski definition) is 2. The van der Waals surface area contributed by atoms with Gasteiger partial charge in [0.1, 0.15) is 5.75 Å². The van der Waals surface area contributed by atoms with Crippen molar-refractivity contribution in [2.24, 2.45) is 0 Å². The molecule has 2 aromatic carbocycles. The largest absolute Gasteiger partial charge is 0.492 e. The molecule has 6 heteroatoms.